The van der Waals surface area contributed by atoms with E-state index in [2.05, 4.69) is 29.2 Å². The Morgan fingerprint density at radius 3 is 2.69 bits per heavy atom. The molecule has 1 saturated heterocycles. The molecule has 2 aromatic carbocycles. The fourth-order valence-corrected chi connectivity index (χ4v) is 5.43. The van der Waals surface area contributed by atoms with Gasteiger partial charge in [0.15, 0.2) is 11.5 Å². The van der Waals surface area contributed by atoms with Gasteiger partial charge in [-0.1, -0.05) is 30.3 Å². The van der Waals surface area contributed by atoms with Gasteiger partial charge in [-0.2, -0.15) is 0 Å². The lowest BCUT2D eigenvalue weighted by Crippen LogP contribution is -2.42. The molecule has 3 aromatic rings. The van der Waals surface area contributed by atoms with Gasteiger partial charge in [-0.25, -0.2) is 9.78 Å². The Morgan fingerprint density at radius 2 is 1.97 bits per heavy atom. The normalized spacial score (nSPS) is 17.8. The molecule has 2 aliphatic rings. The Balaban J connectivity index is 1.21. The SMILES string of the molecule is COc1ccc(C2CN(C(=O)OCCc3scnc3C)CCO2)cc1OC1Cc2ccccc2C1. The molecule has 7 nitrogen and oxygen atoms in total. The number of methoxy groups -OCH3 is 1. The first-order valence-electron chi connectivity index (χ1n) is 11.9. The standard InChI is InChI=1S/C27H30N2O5S/c1-18-26(35-17-28-18)9-11-33-27(30)29-10-12-32-25(16-29)21-7-8-23(31-2)24(15-21)34-22-13-19-5-3-4-6-20(19)14-22/h3-8,15,17,22,25H,9-14,16H2,1-2H3. The van der Waals surface area contributed by atoms with Crippen molar-refractivity contribution in [2.24, 2.45) is 0 Å². The van der Waals surface area contributed by atoms with E-state index in [4.69, 9.17) is 18.9 Å². The summed E-state index contributed by atoms with van der Waals surface area (Å²) in [5, 5.41) is 0. The number of carbonyl (C=O) groups is 1. The molecule has 5 rings (SSSR count). The van der Waals surface area contributed by atoms with Crippen LogP contribution in [0.15, 0.2) is 48.0 Å². The van der Waals surface area contributed by atoms with Gasteiger partial charge in [0.05, 0.1) is 38.1 Å². The van der Waals surface area contributed by atoms with E-state index in [1.165, 1.54) is 11.1 Å². The maximum atomic E-state index is 12.7. The summed E-state index contributed by atoms with van der Waals surface area (Å²) in [5.74, 6) is 1.39. The highest BCUT2D eigenvalue weighted by Gasteiger charge is 2.28. The molecule has 0 N–H and O–H groups in total. The van der Waals surface area contributed by atoms with E-state index in [0.717, 1.165) is 29.0 Å². The van der Waals surface area contributed by atoms with Gasteiger partial charge in [0, 0.05) is 30.7 Å². The smallest absolute Gasteiger partial charge is 0.409 e. The number of ether oxygens (including phenoxy) is 4. The van der Waals surface area contributed by atoms with Crippen molar-refractivity contribution in [2.45, 2.75) is 38.4 Å². The predicted molar refractivity (Wildman–Crippen MR) is 133 cm³/mol. The van der Waals surface area contributed by atoms with Crippen molar-refractivity contribution in [3.63, 3.8) is 0 Å². The first-order chi connectivity index (χ1) is 17.1. The Kier molecular flexibility index (Phi) is 7.20. The van der Waals surface area contributed by atoms with Crippen LogP contribution in [0.4, 0.5) is 4.79 Å². The topological polar surface area (TPSA) is 70.1 Å². The van der Waals surface area contributed by atoms with Crippen LogP contribution in [0.25, 0.3) is 0 Å². The number of nitrogens with zero attached hydrogens (tertiary/aromatic N) is 2. The minimum Gasteiger partial charge on any atom is -0.493 e. The molecule has 1 aliphatic heterocycles. The van der Waals surface area contributed by atoms with Gasteiger partial charge < -0.3 is 23.8 Å². The Morgan fingerprint density at radius 1 is 1.17 bits per heavy atom. The van der Waals surface area contributed by atoms with Crippen molar-refractivity contribution in [3.8, 4) is 11.5 Å². The molecular weight excluding hydrogens is 464 g/mol. The van der Waals surface area contributed by atoms with Crippen LogP contribution in [0.3, 0.4) is 0 Å². The van der Waals surface area contributed by atoms with Crippen LogP contribution in [-0.2, 0) is 28.7 Å². The number of rotatable bonds is 7. The monoisotopic (exact) mass is 494 g/mol. The van der Waals surface area contributed by atoms with E-state index in [9.17, 15) is 4.79 Å². The van der Waals surface area contributed by atoms with Crippen LogP contribution >= 0.6 is 11.3 Å². The summed E-state index contributed by atoms with van der Waals surface area (Å²) in [6.07, 6.45) is 1.94. The van der Waals surface area contributed by atoms with Crippen molar-refractivity contribution in [1.82, 2.24) is 9.88 Å². The lowest BCUT2D eigenvalue weighted by Gasteiger charge is -2.32. The summed E-state index contributed by atoms with van der Waals surface area (Å²) in [4.78, 5) is 19.8. The van der Waals surface area contributed by atoms with E-state index < -0.39 is 0 Å². The maximum Gasteiger partial charge on any atom is 0.409 e. The quantitative estimate of drug-likeness (QED) is 0.472. The third kappa shape index (κ3) is 5.44. The van der Waals surface area contributed by atoms with Gasteiger partial charge in [-0.05, 0) is 35.7 Å². The van der Waals surface area contributed by atoms with Crippen LogP contribution in [-0.4, -0.2) is 55.5 Å². The maximum absolute atomic E-state index is 12.7. The minimum atomic E-state index is -0.311. The first-order valence-corrected chi connectivity index (χ1v) is 12.8. The van der Waals surface area contributed by atoms with Crippen LogP contribution in [0.1, 0.15) is 33.4 Å². The number of amides is 1. The van der Waals surface area contributed by atoms with Gasteiger partial charge in [0.2, 0.25) is 0 Å². The number of benzene rings is 2. The molecule has 1 aromatic heterocycles. The van der Waals surface area contributed by atoms with Gasteiger partial charge in [-0.3, -0.25) is 0 Å². The molecule has 184 valence electrons. The largest absolute Gasteiger partial charge is 0.493 e. The average Bonchev–Trinajstić information content (AvgIpc) is 3.49. The molecule has 0 radical (unpaired) electrons. The molecule has 1 unspecified atom stereocenters. The molecular formula is C27H30N2O5S. The van der Waals surface area contributed by atoms with Gasteiger partial charge in [0.25, 0.3) is 0 Å². The summed E-state index contributed by atoms with van der Waals surface area (Å²) < 4.78 is 23.5. The summed E-state index contributed by atoms with van der Waals surface area (Å²) in [6.45, 7) is 3.70. The zero-order valence-corrected chi connectivity index (χ0v) is 20.9. The number of hydrogen-bond donors (Lipinski definition) is 0. The fraction of sp³-hybridized carbons (Fsp3) is 0.407. The number of aromatic nitrogens is 1. The summed E-state index contributed by atoms with van der Waals surface area (Å²) in [6, 6.07) is 14.3. The lowest BCUT2D eigenvalue weighted by atomic mass is 10.1. The zero-order valence-electron chi connectivity index (χ0n) is 20.1. The minimum absolute atomic E-state index is 0.0671. The van der Waals surface area contributed by atoms with Crippen LogP contribution in [0, 0.1) is 6.92 Å². The number of aryl methyl sites for hydroxylation is 1. The van der Waals surface area contributed by atoms with E-state index in [-0.39, 0.29) is 18.3 Å². The second-order valence-electron chi connectivity index (χ2n) is 8.86. The number of thiazole rings is 1. The summed E-state index contributed by atoms with van der Waals surface area (Å²) in [7, 11) is 1.65. The lowest BCUT2D eigenvalue weighted by molar-refractivity contribution is -0.0285. The molecule has 1 fully saturated rings. The van der Waals surface area contributed by atoms with Gasteiger partial charge in [0.1, 0.15) is 12.2 Å². The van der Waals surface area contributed by atoms with Crippen molar-refractivity contribution >= 4 is 17.4 Å². The van der Waals surface area contributed by atoms with Crippen LogP contribution in [0.2, 0.25) is 0 Å². The van der Waals surface area contributed by atoms with E-state index >= 15 is 0 Å². The average molecular weight is 495 g/mol. The van der Waals surface area contributed by atoms with Crippen LogP contribution < -0.4 is 9.47 Å². The highest BCUT2D eigenvalue weighted by molar-refractivity contribution is 7.09. The molecule has 0 spiro atoms. The second-order valence-corrected chi connectivity index (χ2v) is 9.80. The molecule has 35 heavy (non-hydrogen) atoms. The number of carbonyl (C=O) groups excluding carboxylic acids is 1. The number of hydrogen-bond acceptors (Lipinski definition) is 7. The molecule has 0 bridgehead atoms. The van der Waals surface area contributed by atoms with Crippen molar-refractivity contribution < 1.29 is 23.7 Å². The molecule has 1 atom stereocenters. The van der Waals surface area contributed by atoms with Crippen molar-refractivity contribution in [1.29, 1.82) is 0 Å². The molecule has 8 heteroatoms. The third-order valence-corrected chi connectivity index (χ3v) is 7.59. The highest BCUT2D eigenvalue weighted by Crippen LogP contribution is 2.35. The van der Waals surface area contributed by atoms with E-state index in [0.29, 0.717) is 44.2 Å². The second kappa shape index (κ2) is 10.7. The first kappa shape index (κ1) is 23.6. The molecule has 1 amide bonds. The third-order valence-electron chi connectivity index (χ3n) is 6.59. The Labute approximate surface area is 209 Å². The molecule has 0 saturated carbocycles. The molecule has 2 heterocycles. The summed E-state index contributed by atoms with van der Waals surface area (Å²) >= 11 is 1.59. The Bertz CT molecular complexity index is 1150. The highest BCUT2D eigenvalue weighted by atomic mass is 32.1. The Hall–Kier alpha value is -3.10. The number of fused-ring (bicyclic) bond motifs is 1. The predicted octanol–water partition coefficient (Wildman–Crippen LogP) is 4.76. The fourth-order valence-electron chi connectivity index (χ4n) is 4.67. The van der Waals surface area contributed by atoms with Crippen molar-refractivity contribution in [3.05, 3.63) is 75.2 Å². The number of morpholine rings is 1. The van der Waals surface area contributed by atoms with Gasteiger partial charge in [-0.15, -0.1) is 11.3 Å². The van der Waals surface area contributed by atoms with Gasteiger partial charge >= 0.3 is 6.09 Å². The van der Waals surface area contributed by atoms with Crippen LogP contribution in [0.5, 0.6) is 11.5 Å². The molecule has 1 aliphatic carbocycles. The summed E-state index contributed by atoms with van der Waals surface area (Å²) in [5.41, 5.74) is 6.44. The van der Waals surface area contributed by atoms with E-state index in [1.54, 1.807) is 23.3 Å². The van der Waals surface area contributed by atoms with Crippen molar-refractivity contribution in [2.75, 3.05) is 33.4 Å². The van der Waals surface area contributed by atoms with E-state index in [1.807, 2.05) is 30.6 Å². The zero-order chi connectivity index (χ0) is 24.2.